The maximum atomic E-state index is 6.50. The smallest absolute Gasteiger partial charge is 0.135 e. The van der Waals surface area contributed by atoms with Crippen LogP contribution in [0, 0.1) is 0 Å². The molecule has 0 aliphatic carbocycles. The van der Waals surface area contributed by atoms with Gasteiger partial charge in [-0.3, -0.25) is 0 Å². The topological polar surface area (TPSA) is 18.5 Å². The molecule has 0 fully saturated rings. The molecule has 0 atom stereocenters. The molecule has 0 heterocycles. The highest BCUT2D eigenvalue weighted by Gasteiger charge is 2.16. The van der Waals surface area contributed by atoms with Gasteiger partial charge in [0.05, 0.1) is 13.2 Å². The van der Waals surface area contributed by atoms with Gasteiger partial charge in [0.2, 0.25) is 0 Å². The second-order valence-electron chi connectivity index (χ2n) is 8.77. The zero-order chi connectivity index (χ0) is 24.0. The maximum absolute atomic E-state index is 6.50. The van der Waals surface area contributed by atoms with Gasteiger partial charge in [-0.2, -0.15) is 23.5 Å². The molecule has 0 saturated carbocycles. The fourth-order valence-electron chi connectivity index (χ4n) is 4.04. The van der Waals surface area contributed by atoms with Crippen molar-refractivity contribution in [3.63, 3.8) is 0 Å². The van der Waals surface area contributed by atoms with Gasteiger partial charge in [0.25, 0.3) is 0 Å². The van der Waals surface area contributed by atoms with Crippen LogP contribution >= 0.6 is 23.5 Å². The van der Waals surface area contributed by atoms with Gasteiger partial charge in [-0.25, -0.2) is 0 Å². The third-order valence-corrected chi connectivity index (χ3v) is 8.35. The van der Waals surface area contributed by atoms with Crippen molar-refractivity contribution < 1.29 is 9.47 Å². The number of fused-ring (bicyclic) bond motifs is 2. The molecule has 0 aliphatic rings. The first kappa shape index (κ1) is 27.1. The number of hydrogen-bond acceptors (Lipinski definition) is 4. The Morgan fingerprint density at radius 3 is 1.62 bits per heavy atom. The lowest BCUT2D eigenvalue weighted by molar-refractivity contribution is 0.321. The molecule has 0 radical (unpaired) electrons. The summed E-state index contributed by atoms with van der Waals surface area (Å²) >= 11 is 4.09. The van der Waals surface area contributed by atoms with Gasteiger partial charge in [0.15, 0.2) is 0 Å². The summed E-state index contributed by atoms with van der Waals surface area (Å²) in [7, 11) is 0. The van der Waals surface area contributed by atoms with E-state index in [1.165, 1.54) is 53.5 Å². The van der Waals surface area contributed by atoms with Crippen LogP contribution < -0.4 is 9.47 Å². The fourth-order valence-corrected chi connectivity index (χ4v) is 6.08. The average molecular weight is 499 g/mol. The Balaban J connectivity index is 1.81. The minimum Gasteiger partial charge on any atom is -0.492 e. The Labute approximate surface area is 215 Å². The molecular formula is C30H42O2S2. The van der Waals surface area contributed by atoms with E-state index in [2.05, 4.69) is 63.2 Å². The number of unbranched alkanes of at least 4 members (excludes halogenated alkanes) is 2. The fraction of sp³-hybridized carbons (Fsp3) is 0.533. The maximum Gasteiger partial charge on any atom is 0.135 e. The summed E-state index contributed by atoms with van der Waals surface area (Å²) in [5.41, 5.74) is 1.33. The summed E-state index contributed by atoms with van der Waals surface area (Å²) in [6.07, 6.45) is 8.32. The molecule has 0 aromatic heterocycles. The first-order chi connectivity index (χ1) is 16.8. The van der Waals surface area contributed by atoms with Crippen LogP contribution in [0.25, 0.3) is 21.5 Å². The molecule has 0 amide bonds. The molecule has 3 aromatic carbocycles. The van der Waals surface area contributed by atoms with E-state index >= 15 is 0 Å². The normalized spacial score (nSPS) is 11.4. The minimum atomic E-state index is 0.753. The van der Waals surface area contributed by atoms with E-state index < -0.39 is 0 Å². The lowest BCUT2D eigenvalue weighted by Gasteiger charge is -2.18. The van der Waals surface area contributed by atoms with E-state index in [4.69, 9.17) is 9.47 Å². The summed E-state index contributed by atoms with van der Waals surface area (Å²) in [5.74, 6) is 6.86. The van der Waals surface area contributed by atoms with Crippen molar-refractivity contribution in [1.29, 1.82) is 0 Å². The van der Waals surface area contributed by atoms with Gasteiger partial charge in [0, 0.05) is 21.5 Å². The summed E-state index contributed by atoms with van der Waals surface area (Å²) in [5, 5.41) is 4.67. The Hall–Kier alpha value is -1.52. The van der Waals surface area contributed by atoms with Crippen molar-refractivity contribution in [3.8, 4) is 11.5 Å². The number of thioether (sulfide) groups is 2. The van der Waals surface area contributed by atoms with Crippen LogP contribution in [0.5, 0.6) is 11.5 Å². The van der Waals surface area contributed by atoms with Crippen LogP contribution in [0.2, 0.25) is 0 Å². The molecule has 0 N–H and O–H groups in total. The molecule has 186 valence electrons. The average Bonchev–Trinajstić information content (AvgIpc) is 2.87. The van der Waals surface area contributed by atoms with Crippen LogP contribution in [0.15, 0.2) is 42.5 Å². The third kappa shape index (κ3) is 7.75. The van der Waals surface area contributed by atoms with Gasteiger partial charge in [0.1, 0.15) is 11.5 Å². The molecule has 0 spiro atoms. The van der Waals surface area contributed by atoms with Gasteiger partial charge in [-0.1, -0.05) is 70.0 Å². The van der Waals surface area contributed by atoms with Crippen LogP contribution in [0.1, 0.15) is 64.9 Å². The summed E-state index contributed by atoms with van der Waals surface area (Å²) in [6.45, 7) is 8.23. The van der Waals surface area contributed by atoms with Gasteiger partial charge in [-0.05, 0) is 66.7 Å². The lowest BCUT2D eigenvalue weighted by atomic mass is 9.98. The zero-order valence-corrected chi connectivity index (χ0v) is 23.0. The molecule has 34 heavy (non-hydrogen) atoms. The van der Waals surface area contributed by atoms with Crippen molar-refractivity contribution in [1.82, 2.24) is 0 Å². The van der Waals surface area contributed by atoms with Crippen LogP contribution in [0.4, 0.5) is 0 Å². The number of benzene rings is 3. The van der Waals surface area contributed by atoms with E-state index in [1.54, 1.807) is 0 Å². The second kappa shape index (κ2) is 15.5. The largest absolute Gasteiger partial charge is 0.492 e. The van der Waals surface area contributed by atoms with Gasteiger partial charge < -0.3 is 9.47 Å². The van der Waals surface area contributed by atoms with Crippen molar-refractivity contribution in [3.05, 3.63) is 48.0 Å². The summed E-state index contributed by atoms with van der Waals surface area (Å²) in [4.78, 5) is 0. The standard InChI is InChI=1S/C30H42O2S2/c1-4-7-19-33-21-11-17-31-29-25-13-9-10-14-26(25)30(32-18-12-22-34-20-8-5-2)28-23-24(6-3)15-16-27(28)29/h9-10,13-16,23H,4-8,11-12,17-22H2,1-3H3. The lowest BCUT2D eigenvalue weighted by Crippen LogP contribution is -2.04. The van der Waals surface area contributed by atoms with E-state index in [1.807, 2.05) is 23.5 Å². The molecule has 0 aliphatic heterocycles. The Morgan fingerprint density at radius 1 is 0.588 bits per heavy atom. The molecule has 3 aromatic rings. The Morgan fingerprint density at radius 2 is 1.09 bits per heavy atom. The second-order valence-corrected chi connectivity index (χ2v) is 11.2. The highest BCUT2D eigenvalue weighted by Crippen LogP contribution is 2.43. The van der Waals surface area contributed by atoms with E-state index in [0.29, 0.717) is 0 Å². The SMILES string of the molecule is CCCCSCCCOc1c2ccccc2c(OCCCSCCCC)c2cc(CC)ccc12. The third-order valence-electron chi connectivity index (χ3n) is 6.04. The van der Waals surface area contributed by atoms with E-state index in [9.17, 15) is 0 Å². The summed E-state index contributed by atoms with van der Waals surface area (Å²) in [6, 6.07) is 15.4. The number of aryl methyl sites for hydroxylation is 1. The van der Waals surface area contributed by atoms with Crippen molar-refractivity contribution >= 4 is 45.1 Å². The highest BCUT2D eigenvalue weighted by atomic mass is 32.2. The zero-order valence-electron chi connectivity index (χ0n) is 21.4. The molecule has 3 rings (SSSR count). The Bertz CT molecular complexity index is 1000. The Kier molecular flexibility index (Phi) is 12.3. The minimum absolute atomic E-state index is 0.753. The predicted octanol–water partition coefficient (Wildman–Crippen LogP) is 9.16. The molecule has 0 saturated heterocycles. The molecular weight excluding hydrogens is 456 g/mol. The quantitative estimate of drug-likeness (QED) is 0.136. The van der Waals surface area contributed by atoms with Crippen molar-refractivity contribution in [2.24, 2.45) is 0 Å². The van der Waals surface area contributed by atoms with E-state index in [-0.39, 0.29) is 0 Å². The summed E-state index contributed by atoms with van der Waals surface area (Å²) < 4.78 is 13.0. The van der Waals surface area contributed by atoms with E-state index in [0.717, 1.165) is 66.3 Å². The monoisotopic (exact) mass is 498 g/mol. The molecule has 0 bridgehead atoms. The van der Waals surface area contributed by atoms with Crippen LogP contribution in [-0.2, 0) is 6.42 Å². The number of ether oxygens (including phenoxy) is 2. The first-order valence-electron chi connectivity index (χ1n) is 13.2. The molecule has 4 heteroatoms. The molecule has 2 nitrogen and oxygen atoms in total. The van der Waals surface area contributed by atoms with Gasteiger partial charge >= 0.3 is 0 Å². The van der Waals surface area contributed by atoms with Crippen LogP contribution in [-0.4, -0.2) is 36.2 Å². The number of hydrogen-bond donors (Lipinski definition) is 0. The molecule has 0 unspecified atom stereocenters. The van der Waals surface area contributed by atoms with Crippen molar-refractivity contribution in [2.45, 2.75) is 65.7 Å². The highest BCUT2D eigenvalue weighted by molar-refractivity contribution is 7.99. The first-order valence-corrected chi connectivity index (χ1v) is 15.5. The van der Waals surface area contributed by atoms with Gasteiger partial charge in [-0.15, -0.1) is 0 Å². The van der Waals surface area contributed by atoms with Crippen LogP contribution in [0.3, 0.4) is 0 Å². The predicted molar refractivity (Wildman–Crippen MR) is 156 cm³/mol. The number of rotatable bonds is 17. The van der Waals surface area contributed by atoms with Crippen molar-refractivity contribution in [2.75, 3.05) is 36.2 Å².